The number of aliphatic hydroxyl groups excluding tert-OH is 1. The fraction of sp³-hybridized carbons (Fsp3) is 0.200. The van der Waals surface area contributed by atoms with Crippen LogP contribution >= 0.6 is 12.4 Å². The summed E-state index contributed by atoms with van der Waals surface area (Å²) in [5.41, 5.74) is 7.31. The summed E-state index contributed by atoms with van der Waals surface area (Å²) >= 11 is 0. The standard InChI is InChI=1S/C10H12N4O2.ClH/c11-7-1-3-14-9(5-7)8(6-13-14)10(16)12-2-4-15;/h1,3,5-6,15H,2,4,11H2,(H,12,16);1H. The summed E-state index contributed by atoms with van der Waals surface area (Å²) in [6.45, 7) is 0.131. The number of hydrogen-bond acceptors (Lipinski definition) is 4. The number of anilines is 1. The average molecular weight is 257 g/mol. The predicted octanol–water partition coefficient (Wildman–Crippen LogP) is 0.0604. The minimum atomic E-state index is -0.269. The SMILES string of the molecule is Cl.Nc1ccn2ncc(C(=O)NCCO)c2c1. The zero-order valence-corrected chi connectivity index (χ0v) is 9.78. The van der Waals surface area contributed by atoms with Gasteiger partial charge in [-0.3, -0.25) is 4.79 Å². The van der Waals surface area contributed by atoms with Crippen molar-refractivity contribution >= 4 is 29.5 Å². The van der Waals surface area contributed by atoms with Crippen LogP contribution in [0.1, 0.15) is 10.4 Å². The van der Waals surface area contributed by atoms with Gasteiger partial charge in [-0.05, 0) is 12.1 Å². The lowest BCUT2D eigenvalue weighted by Crippen LogP contribution is -2.26. The molecule has 0 saturated carbocycles. The maximum Gasteiger partial charge on any atom is 0.255 e. The molecule has 0 saturated heterocycles. The minimum absolute atomic E-state index is 0. The molecule has 2 aromatic rings. The van der Waals surface area contributed by atoms with Gasteiger partial charge in [0.15, 0.2) is 0 Å². The van der Waals surface area contributed by atoms with Crippen molar-refractivity contribution in [1.82, 2.24) is 14.9 Å². The molecule has 0 spiro atoms. The second-order valence-electron chi connectivity index (χ2n) is 3.33. The Morgan fingerprint density at radius 1 is 1.59 bits per heavy atom. The molecule has 0 bridgehead atoms. The summed E-state index contributed by atoms with van der Waals surface area (Å²) in [6, 6.07) is 3.39. The Bertz CT molecular complexity index is 526. The monoisotopic (exact) mass is 256 g/mol. The van der Waals surface area contributed by atoms with Crippen LogP contribution in [0.5, 0.6) is 0 Å². The van der Waals surface area contributed by atoms with Crippen molar-refractivity contribution in [3.8, 4) is 0 Å². The Morgan fingerprint density at radius 3 is 3.06 bits per heavy atom. The number of nitrogens with zero attached hydrogens (tertiary/aromatic N) is 2. The second-order valence-corrected chi connectivity index (χ2v) is 3.33. The topological polar surface area (TPSA) is 92.7 Å². The zero-order chi connectivity index (χ0) is 11.5. The smallest absolute Gasteiger partial charge is 0.255 e. The molecule has 0 aliphatic rings. The van der Waals surface area contributed by atoms with Crippen molar-refractivity contribution in [2.75, 3.05) is 18.9 Å². The Labute approximate surface area is 104 Å². The van der Waals surface area contributed by atoms with Gasteiger partial charge in [-0.1, -0.05) is 0 Å². The first-order valence-corrected chi connectivity index (χ1v) is 4.84. The number of rotatable bonds is 3. The van der Waals surface area contributed by atoms with Gasteiger partial charge in [-0.2, -0.15) is 5.10 Å². The van der Waals surface area contributed by atoms with E-state index < -0.39 is 0 Å². The van der Waals surface area contributed by atoms with E-state index in [0.717, 1.165) is 0 Å². The summed E-state index contributed by atoms with van der Waals surface area (Å²) in [5.74, 6) is -0.269. The van der Waals surface area contributed by atoms with E-state index in [1.165, 1.54) is 6.20 Å². The van der Waals surface area contributed by atoms with E-state index in [1.54, 1.807) is 22.8 Å². The first-order valence-electron chi connectivity index (χ1n) is 4.84. The maximum absolute atomic E-state index is 11.7. The summed E-state index contributed by atoms with van der Waals surface area (Å²) in [7, 11) is 0. The lowest BCUT2D eigenvalue weighted by atomic mass is 10.2. The zero-order valence-electron chi connectivity index (χ0n) is 8.96. The van der Waals surface area contributed by atoms with Crippen molar-refractivity contribution in [2.24, 2.45) is 0 Å². The number of aromatic nitrogens is 2. The molecule has 92 valence electrons. The van der Waals surface area contributed by atoms with E-state index in [2.05, 4.69) is 10.4 Å². The number of carbonyl (C=O) groups excluding carboxylic acids is 1. The summed E-state index contributed by atoms with van der Waals surface area (Å²) < 4.78 is 1.57. The molecule has 7 heteroatoms. The van der Waals surface area contributed by atoms with E-state index >= 15 is 0 Å². The van der Waals surface area contributed by atoms with Gasteiger partial charge in [-0.15, -0.1) is 12.4 Å². The van der Waals surface area contributed by atoms with Gasteiger partial charge in [0, 0.05) is 18.4 Å². The highest BCUT2D eigenvalue weighted by molar-refractivity contribution is 6.00. The highest BCUT2D eigenvalue weighted by Crippen LogP contribution is 2.13. The summed E-state index contributed by atoms with van der Waals surface area (Å²) in [4.78, 5) is 11.7. The first kappa shape index (κ1) is 13.3. The molecule has 0 fully saturated rings. The molecule has 4 N–H and O–H groups in total. The normalized spacial score (nSPS) is 9.94. The third-order valence-electron chi connectivity index (χ3n) is 2.19. The van der Waals surface area contributed by atoms with Gasteiger partial charge < -0.3 is 16.2 Å². The molecule has 2 rings (SSSR count). The Kier molecular flexibility index (Phi) is 4.30. The highest BCUT2D eigenvalue weighted by Gasteiger charge is 2.11. The largest absolute Gasteiger partial charge is 0.399 e. The van der Waals surface area contributed by atoms with E-state index in [-0.39, 0.29) is 31.5 Å². The van der Waals surface area contributed by atoms with E-state index in [1.807, 2.05) is 0 Å². The average Bonchev–Trinajstić information content (AvgIpc) is 2.68. The van der Waals surface area contributed by atoms with Crippen LogP contribution in [0.15, 0.2) is 24.5 Å². The van der Waals surface area contributed by atoms with Crippen LogP contribution in [0.25, 0.3) is 5.52 Å². The number of nitrogens with one attached hydrogen (secondary N) is 1. The lowest BCUT2D eigenvalue weighted by molar-refractivity contribution is 0.0946. The molecule has 0 aliphatic heterocycles. The number of nitrogen functional groups attached to an aromatic ring is 1. The van der Waals surface area contributed by atoms with Crippen LogP contribution < -0.4 is 11.1 Å². The highest BCUT2D eigenvalue weighted by atomic mass is 35.5. The third-order valence-corrected chi connectivity index (χ3v) is 2.19. The number of amides is 1. The van der Waals surface area contributed by atoms with Gasteiger partial charge in [0.05, 0.1) is 23.9 Å². The summed E-state index contributed by atoms with van der Waals surface area (Å²) in [5, 5.41) is 15.2. The molecular formula is C10H13ClN4O2. The molecule has 0 unspecified atom stereocenters. The van der Waals surface area contributed by atoms with E-state index in [9.17, 15) is 4.79 Å². The van der Waals surface area contributed by atoms with E-state index in [0.29, 0.717) is 16.8 Å². The Hall–Kier alpha value is -1.79. The van der Waals surface area contributed by atoms with Crippen molar-refractivity contribution < 1.29 is 9.90 Å². The van der Waals surface area contributed by atoms with Gasteiger partial charge in [-0.25, -0.2) is 4.52 Å². The van der Waals surface area contributed by atoms with Crippen LogP contribution in [0.3, 0.4) is 0 Å². The molecule has 6 nitrogen and oxygen atoms in total. The molecule has 0 atom stereocenters. The van der Waals surface area contributed by atoms with Crippen LogP contribution in [0.4, 0.5) is 5.69 Å². The number of aliphatic hydroxyl groups is 1. The van der Waals surface area contributed by atoms with Crippen LogP contribution in [-0.2, 0) is 0 Å². The van der Waals surface area contributed by atoms with Crippen molar-refractivity contribution in [1.29, 1.82) is 0 Å². The van der Waals surface area contributed by atoms with Gasteiger partial charge in [0.1, 0.15) is 0 Å². The Morgan fingerprint density at radius 2 is 2.35 bits per heavy atom. The fourth-order valence-electron chi connectivity index (χ4n) is 1.44. The number of halogens is 1. The van der Waals surface area contributed by atoms with Crippen LogP contribution in [0.2, 0.25) is 0 Å². The van der Waals surface area contributed by atoms with Crippen molar-refractivity contribution in [3.05, 3.63) is 30.1 Å². The molecule has 1 amide bonds. The lowest BCUT2D eigenvalue weighted by Gasteiger charge is -2.01. The Balaban J connectivity index is 0.00000144. The minimum Gasteiger partial charge on any atom is -0.399 e. The number of nitrogens with two attached hydrogens (primary N) is 1. The van der Waals surface area contributed by atoms with Crippen molar-refractivity contribution in [2.45, 2.75) is 0 Å². The molecular weight excluding hydrogens is 244 g/mol. The number of carbonyl (C=O) groups is 1. The molecule has 0 aromatic carbocycles. The van der Waals surface area contributed by atoms with Gasteiger partial charge >= 0.3 is 0 Å². The summed E-state index contributed by atoms with van der Waals surface area (Å²) in [6.07, 6.45) is 3.16. The third kappa shape index (κ3) is 2.66. The second kappa shape index (κ2) is 5.51. The molecule has 2 heterocycles. The van der Waals surface area contributed by atoms with Crippen LogP contribution in [0, 0.1) is 0 Å². The number of pyridine rings is 1. The number of hydrogen-bond donors (Lipinski definition) is 3. The maximum atomic E-state index is 11.7. The van der Waals surface area contributed by atoms with E-state index in [4.69, 9.17) is 10.8 Å². The molecule has 0 radical (unpaired) electrons. The number of fused-ring (bicyclic) bond motifs is 1. The molecule has 2 aromatic heterocycles. The van der Waals surface area contributed by atoms with Gasteiger partial charge in [0.2, 0.25) is 0 Å². The first-order chi connectivity index (χ1) is 7.72. The van der Waals surface area contributed by atoms with Crippen molar-refractivity contribution in [3.63, 3.8) is 0 Å². The fourth-order valence-corrected chi connectivity index (χ4v) is 1.44. The molecule has 0 aliphatic carbocycles. The quantitative estimate of drug-likeness (QED) is 0.724. The van der Waals surface area contributed by atoms with Gasteiger partial charge in [0.25, 0.3) is 5.91 Å². The molecule has 17 heavy (non-hydrogen) atoms. The van der Waals surface area contributed by atoms with Crippen LogP contribution in [-0.4, -0.2) is 33.8 Å². The predicted molar refractivity (Wildman–Crippen MR) is 66.3 cm³/mol.